The van der Waals surface area contributed by atoms with E-state index >= 15 is 0 Å². The summed E-state index contributed by atoms with van der Waals surface area (Å²) >= 11 is 3.87. The van der Waals surface area contributed by atoms with E-state index in [9.17, 15) is 28.8 Å². The number of carboxylic acid groups (broad SMARTS) is 1. The molecule has 0 rings (SSSR count). The molecule has 0 aromatic rings. The van der Waals surface area contributed by atoms with E-state index in [-0.39, 0.29) is 31.4 Å². The van der Waals surface area contributed by atoms with Crippen LogP contribution in [0.25, 0.3) is 0 Å². The first-order valence-electron chi connectivity index (χ1n) is 8.51. The summed E-state index contributed by atoms with van der Waals surface area (Å²) in [6, 6.07) is -3.56. The lowest BCUT2D eigenvalue weighted by atomic mass is 10.1. The first-order chi connectivity index (χ1) is 13.5. The average molecular weight is 434 g/mol. The molecule has 164 valence electrons. The third kappa shape index (κ3) is 11.5. The molecule has 29 heavy (non-hydrogen) atoms. The molecule has 0 saturated carbocycles. The van der Waals surface area contributed by atoms with Crippen LogP contribution in [0.3, 0.4) is 0 Å². The molecule has 10 N–H and O–H groups in total. The SMILES string of the molecule is NC(=O)CCC(NC(=O)CNC(=O)C(CCC(N)=O)NC(=O)C(N)CS)C(=O)O. The predicted octanol–water partition coefficient (Wildman–Crippen LogP) is -4.06. The second kappa shape index (κ2) is 13.3. The van der Waals surface area contributed by atoms with Crippen LogP contribution < -0.4 is 33.2 Å². The smallest absolute Gasteiger partial charge is 0.326 e. The Morgan fingerprint density at radius 2 is 1.38 bits per heavy atom. The van der Waals surface area contributed by atoms with Crippen LogP contribution in [0, 0.1) is 0 Å². The number of aliphatic carboxylic acids is 1. The molecule has 0 saturated heterocycles. The van der Waals surface area contributed by atoms with E-state index in [0.717, 1.165) is 0 Å². The van der Waals surface area contributed by atoms with Crippen LogP contribution in [0.2, 0.25) is 0 Å². The molecule has 3 unspecified atom stereocenters. The highest BCUT2D eigenvalue weighted by molar-refractivity contribution is 7.80. The van der Waals surface area contributed by atoms with Gasteiger partial charge < -0.3 is 38.3 Å². The maximum absolute atomic E-state index is 12.2. The monoisotopic (exact) mass is 434 g/mol. The zero-order chi connectivity index (χ0) is 22.6. The van der Waals surface area contributed by atoms with Crippen molar-refractivity contribution in [2.75, 3.05) is 12.3 Å². The van der Waals surface area contributed by atoms with Crippen molar-refractivity contribution in [2.24, 2.45) is 17.2 Å². The number of primary amides is 2. The van der Waals surface area contributed by atoms with Gasteiger partial charge in [-0.05, 0) is 12.8 Å². The van der Waals surface area contributed by atoms with E-state index in [2.05, 4.69) is 28.6 Å². The number of nitrogens with one attached hydrogen (secondary N) is 3. The average Bonchev–Trinajstić information content (AvgIpc) is 2.64. The zero-order valence-electron chi connectivity index (χ0n) is 15.6. The molecule has 0 aliphatic rings. The van der Waals surface area contributed by atoms with Gasteiger partial charge in [0, 0.05) is 18.6 Å². The normalized spacial score (nSPS) is 13.4. The highest BCUT2D eigenvalue weighted by Crippen LogP contribution is 2.00. The molecule has 14 heteroatoms. The predicted molar refractivity (Wildman–Crippen MR) is 103 cm³/mol. The van der Waals surface area contributed by atoms with Crippen molar-refractivity contribution in [3.63, 3.8) is 0 Å². The van der Waals surface area contributed by atoms with Crippen LogP contribution >= 0.6 is 12.6 Å². The molecule has 5 amide bonds. The largest absolute Gasteiger partial charge is 0.480 e. The summed E-state index contributed by atoms with van der Waals surface area (Å²) in [6.45, 7) is -0.610. The third-order valence-corrected chi connectivity index (χ3v) is 3.98. The van der Waals surface area contributed by atoms with E-state index in [1.807, 2.05) is 0 Å². The van der Waals surface area contributed by atoms with Gasteiger partial charge in [0.2, 0.25) is 29.5 Å². The van der Waals surface area contributed by atoms with Crippen molar-refractivity contribution in [2.45, 2.75) is 43.8 Å². The Kier molecular flexibility index (Phi) is 12.0. The van der Waals surface area contributed by atoms with Crippen LogP contribution in [0.5, 0.6) is 0 Å². The van der Waals surface area contributed by atoms with Crippen LogP contribution in [-0.2, 0) is 28.8 Å². The second-order valence-electron chi connectivity index (χ2n) is 6.04. The van der Waals surface area contributed by atoms with Crippen molar-refractivity contribution in [3.05, 3.63) is 0 Å². The van der Waals surface area contributed by atoms with Crippen LogP contribution in [0.1, 0.15) is 25.7 Å². The molecule has 0 aromatic heterocycles. The molecule has 3 atom stereocenters. The minimum atomic E-state index is -1.38. The Labute approximate surface area is 171 Å². The summed E-state index contributed by atoms with van der Waals surface area (Å²) in [5, 5.41) is 15.7. The lowest BCUT2D eigenvalue weighted by Crippen LogP contribution is -2.54. The molecular formula is C15H26N6O7S. The second-order valence-corrected chi connectivity index (χ2v) is 6.40. The summed E-state index contributed by atoms with van der Waals surface area (Å²) in [7, 11) is 0. The number of carbonyl (C=O) groups excluding carboxylic acids is 5. The number of nitrogens with two attached hydrogens (primary N) is 3. The Balaban J connectivity index is 4.82. The summed E-state index contributed by atoms with van der Waals surface area (Å²) < 4.78 is 0. The van der Waals surface area contributed by atoms with Gasteiger partial charge in [-0.1, -0.05) is 0 Å². The number of carboxylic acids is 1. The zero-order valence-corrected chi connectivity index (χ0v) is 16.4. The molecule has 0 spiro atoms. The standard InChI is InChI=1S/C15H26N6O7S/c16-7(6-29)13(25)21-8(1-3-10(17)22)14(26)19-5-12(24)20-9(15(27)28)2-4-11(18)23/h7-9,29H,1-6,16H2,(H2,17,22)(H2,18,23)(H,19,26)(H,20,24)(H,21,25)(H,27,28). The third-order valence-electron chi connectivity index (χ3n) is 3.58. The van der Waals surface area contributed by atoms with Crippen LogP contribution in [-0.4, -0.2) is 71.0 Å². The molecule has 0 bridgehead atoms. The van der Waals surface area contributed by atoms with Crippen LogP contribution in [0.15, 0.2) is 0 Å². The van der Waals surface area contributed by atoms with Crippen LogP contribution in [0.4, 0.5) is 0 Å². The molecular weight excluding hydrogens is 408 g/mol. The summed E-state index contributed by atoms with van der Waals surface area (Å²) in [5.41, 5.74) is 15.5. The van der Waals surface area contributed by atoms with E-state index in [1.165, 1.54) is 0 Å². The molecule has 0 fully saturated rings. The summed E-state index contributed by atoms with van der Waals surface area (Å²) in [4.78, 5) is 68.8. The van der Waals surface area contributed by atoms with Gasteiger partial charge in [0.1, 0.15) is 12.1 Å². The number of hydrogen-bond acceptors (Lipinski definition) is 8. The number of hydrogen-bond donors (Lipinski definition) is 8. The van der Waals surface area contributed by atoms with Gasteiger partial charge in [-0.3, -0.25) is 24.0 Å². The fourth-order valence-corrected chi connectivity index (χ4v) is 2.16. The quantitative estimate of drug-likeness (QED) is 0.125. The highest BCUT2D eigenvalue weighted by Gasteiger charge is 2.25. The van der Waals surface area contributed by atoms with E-state index in [4.69, 9.17) is 22.3 Å². The minimum absolute atomic E-state index is 0.0142. The minimum Gasteiger partial charge on any atom is -0.480 e. The first kappa shape index (κ1) is 26.1. The molecule has 13 nitrogen and oxygen atoms in total. The number of thiol groups is 1. The van der Waals surface area contributed by atoms with Gasteiger partial charge >= 0.3 is 5.97 Å². The van der Waals surface area contributed by atoms with Crippen molar-refractivity contribution in [1.82, 2.24) is 16.0 Å². The molecule has 0 aromatic carbocycles. The maximum atomic E-state index is 12.2. The Hall–Kier alpha value is -2.87. The van der Waals surface area contributed by atoms with Gasteiger partial charge in [-0.15, -0.1) is 0 Å². The van der Waals surface area contributed by atoms with E-state index in [1.54, 1.807) is 0 Å². The van der Waals surface area contributed by atoms with Crippen molar-refractivity contribution in [1.29, 1.82) is 0 Å². The van der Waals surface area contributed by atoms with Gasteiger partial charge in [-0.25, -0.2) is 4.79 Å². The lowest BCUT2D eigenvalue weighted by Gasteiger charge is -2.20. The van der Waals surface area contributed by atoms with E-state index < -0.39 is 60.2 Å². The number of amides is 5. The Bertz CT molecular complexity index is 645. The molecule has 0 heterocycles. The van der Waals surface area contributed by atoms with Gasteiger partial charge in [0.25, 0.3) is 0 Å². The number of carbonyl (C=O) groups is 6. The number of rotatable bonds is 14. The highest BCUT2D eigenvalue weighted by atomic mass is 32.1. The summed E-state index contributed by atoms with van der Waals surface area (Å²) in [5.74, 6) is -5.13. The Morgan fingerprint density at radius 3 is 1.83 bits per heavy atom. The fraction of sp³-hybridized carbons (Fsp3) is 0.600. The fourth-order valence-electron chi connectivity index (χ4n) is 2.00. The van der Waals surface area contributed by atoms with E-state index in [0.29, 0.717) is 0 Å². The molecule has 0 aliphatic heterocycles. The van der Waals surface area contributed by atoms with Crippen molar-refractivity contribution < 1.29 is 33.9 Å². The lowest BCUT2D eigenvalue weighted by molar-refractivity contribution is -0.142. The topological polar surface area (TPSA) is 237 Å². The Morgan fingerprint density at radius 1 is 0.862 bits per heavy atom. The summed E-state index contributed by atoms with van der Waals surface area (Å²) in [6.07, 6.45) is -0.821. The molecule has 0 radical (unpaired) electrons. The first-order valence-corrected chi connectivity index (χ1v) is 9.14. The van der Waals surface area contributed by atoms with Crippen molar-refractivity contribution in [3.8, 4) is 0 Å². The molecule has 0 aliphatic carbocycles. The van der Waals surface area contributed by atoms with Gasteiger partial charge in [-0.2, -0.15) is 12.6 Å². The van der Waals surface area contributed by atoms with Crippen molar-refractivity contribution >= 4 is 48.1 Å². The van der Waals surface area contributed by atoms with Gasteiger partial charge in [0.15, 0.2) is 0 Å². The maximum Gasteiger partial charge on any atom is 0.326 e. The van der Waals surface area contributed by atoms with Gasteiger partial charge in [0.05, 0.1) is 12.6 Å².